The topological polar surface area (TPSA) is 77.5 Å². The van der Waals surface area contributed by atoms with Crippen LogP contribution in [-0.2, 0) is 53.6 Å². The van der Waals surface area contributed by atoms with E-state index in [4.69, 9.17) is 18.5 Å². The Kier molecular flexibility index (Phi) is 35.7. The third-order valence-corrected chi connectivity index (χ3v) is 23.0. The average Bonchev–Trinajstić information content (AvgIpc) is 0.734. The Balaban J connectivity index is 1.25. The molecule has 1 fully saturated rings. The van der Waals surface area contributed by atoms with Gasteiger partial charge >= 0.3 is 28.8 Å². The molecule has 0 saturated carbocycles. The van der Waals surface area contributed by atoms with Crippen LogP contribution in [0.25, 0.3) is 0 Å². The number of carbonyl (C=O) groups is 2. The van der Waals surface area contributed by atoms with Gasteiger partial charge in [-0.1, -0.05) is 350 Å². The molecule has 92 heavy (non-hydrogen) atoms. The van der Waals surface area contributed by atoms with Gasteiger partial charge in [0.05, 0.1) is 24.6 Å². The summed E-state index contributed by atoms with van der Waals surface area (Å²) in [6.07, 6.45) is 44.1. The van der Waals surface area contributed by atoms with Gasteiger partial charge in [-0.2, -0.15) is 0 Å². The number of unbranched alkanes of at least 4 members (excludes halogenated alkanes) is 30. The lowest BCUT2D eigenvalue weighted by Crippen LogP contribution is -2.42. The fourth-order valence-electron chi connectivity index (χ4n) is 12.5. The van der Waals surface area contributed by atoms with Crippen molar-refractivity contribution in [1.82, 2.24) is 0 Å². The standard InChI is InChI=1S/C82H132N2O6P2/c1-15-17-19-21-23-25-27-29-31-33-35-37-39-41-43-51-61-87-75(85)59-57-67-63-71(79(3,4)5)77(72(64-67)80(6,7)8)89-91-83(69-53-47-45-48-54-69)92(84(91)70-55-49-46-50-56-70)90-78-73(81(9,10)11)65-68(66-74(78)82(12,13)14)58-60-76(86)88-62-52-44-42-40-38-36-34-32-30-28-26-24-22-20-18-16-2/h45-50,53-56,63-66H,15-44,51-52,57-62H2,1-14H3. The van der Waals surface area contributed by atoms with Crippen molar-refractivity contribution in [3.05, 3.63) is 118 Å². The quantitative estimate of drug-likeness (QED) is 0.0246. The zero-order valence-corrected chi connectivity index (χ0v) is 63.0. The van der Waals surface area contributed by atoms with Gasteiger partial charge < -0.3 is 18.5 Å². The van der Waals surface area contributed by atoms with Crippen LogP contribution in [0.15, 0.2) is 84.9 Å². The second kappa shape index (κ2) is 41.8. The molecule has 0 spiro atoms. The van der Waals surface area contributed by atoms with Crippen molar-refractivity contribution >= 4 is 40.2 Å². The van der Waals surface area contributed by atoms with Gasteiger partial charge in [0, 0.05) is 35.1 Å². The molecule has 516 valence electrons. The molecule has 5 rings (SSSR count). The molecule has 1 heterocycles. The maximum Gasteiger partial charge on any atom is 0.325 e. The van der Waals surface area contributed by atoms with Crippen LogP contribution in [0.4, 0.5) is 11.4 Å². The third kappa shape index (κ3) is 28.3. The fourth-order valence-corrected chi connectivity index (χ4v) is 17.1. The van der Waals surface area contributed by atoms with Crippen LogP contribution in [0.3, 0.4) is 0 Å². The monoisotopic (exact) mass is 1300 g/mol. The smallest absolute Gasteiger partial charge is 0.325 e. The van der Waals surface area contributed by atoms with Crippen molar-refractivity contribution in [1.29, 1.82) is 0 Å². The van der Waals surface area contributed by atoms with Crippen molar-refractivity contribution in [3.63, 3.8) is 0 Å². The molecule has 0 aromatic heterocycles. The summed E-state index contributed by atoms with van der Waals surface area (Å²) in [7, 11) is -3.06. The first kappa shape index (κ1) is 78.6. The highest BCUT2D eigenvalue weighted by atomic mass is 31.3. The lowest BCUT2D eigenvalue weighted by molar-refractivity contribution is -0.144. The van der Waals surface area contributed by atoms with Crippen LogP contribution < -0.4 is 17.9 Å². The molecule has 1 aliphatic heterocycles. The van der Waals surface area contributed by atoms with Crippen LogP contribution in [-0.4, -0.2) is 25.2 Å². The summed E-state index contributed by atoms with van der Waals surface area (Å²) in [5.41, 5.74) is 7.62. The van der Waals surface area contributed by atoms with Gasteiger partial charge in [0.15, 0.2) is 0 Å². The van der Waals surface area contributed by atoms with Gasteiger partial charge in [0.1, 0.15) is 11.5 Å². The van der Waals surface area contributed by atoms with Crippen LogP contribution in [0.1, 0.15) is 349 Å². The van der Waals surface area contributed by atoms with Crippen molar-refractivity contribution in [2.75, 3.05) is 22.1 Å². The Bertz CT molecular complexity index is 2410. The molecule has 0 atom stereocenters. The van der Waals surface area contributed by atoms with Crippen molar-refractivity contribution in [2.24, 2.45) is 0 Å². The van der Waals surface area contributed by atoms with E-state index in [1.54, 1.807) is 0 Å². The van der Waals surface area contributed by atoms with E-state index in [2.05, 4.69) is 191 Å². The largest absolute Gasteiger partial charge is 0.466 e. The van der Waals surface area contributed by atoms with E-state index >= 15 is 0 Å². The number of carbonyl (C=O) groups excluding carboxylic acids is 2. The molecule has 0 N–H and O–H groups in total. The van der Waals surface area contributed by atoms with Crippen LogP contribution in [0.2, 0.25) is 0 Å². The molecule has 0 bridgehead atoms. The number of nitrogens with zero attached hydrogens (tertiary/aromatic N) is 2. The summed E-state index contributed by atoms with van der Waals surface area (Å²) in [6, 6.07) is 30.4. The summed E-state index contributed by atoms with van der Waals surface area (Å²) < 4.78 is 32.1. The fraction of sp³-hybridized carbons (Fsp3) is 0.683. The van der Waals surface area contributed by atoms with E-state index in [0.717, 1.165) is 81.9 Å². The maximum atomic E-state index is 13.4. The number of benzene rings is 4. The van der Waals surface area contributed by atoms with E-state index < -0.39 is 16.9 Å². The Labute approximate surface area is 566 Å². The van der Waals surface area contributed by atoms with Crippen molar-refractivity contribution in [2.45, 2.75) is 350 Å². The van der Waals surface area contributed by atoms with E-state index in [9.17, 15) is 9.59 Å². The molecule has 0 radical (unpaired) electrons. The molecule has 4 aromatic rings. The van der Waals surface area contributed by atoms with Gasteiger partial charge in [0.2, 0.25) is 0 Å². The van der Waals surface area contributed by atoms with Crippen molar-refractivity contribution < 1.29 is 28.1 Å². The normalized spacial score (nSPS) is 14.6. The van der Waals surface area contributed by atoms with Crippen molar-refractivity contribution in [3.8, 4) is 11.5 Å². The summed E-state index contributed by atoms with van der Waals surface area (Å²) in [5.74, 6) is 1.53. The highest BCUT2D eigenvalue weighted by Crippen LogP contribution is 2.79. The number of hydrogen-bond donors (Lipinski definition) is 0. The molecule has 4 aromatic carbocycles. The molecule has 0 unspecified atom stereocenters. The Morgan fingerprint density at radius 1 is 0.337 bits per heavy atom. The molecular formula is C82H132N2O6P2. The second-order valence-electron chi connectivity index (χ2n) is 31.0. The number of rotatable bonds is 46. The molecule has 10 heteroatoms. The summed E-state index contributed by atoms with van der Waals surface area (Å²) in [6.45, 7) is 32.8. The molecule has 1 aliphatic rings. The zero-order chi connectivity index (χ0) is 66.8. The minimum absolute atomic E-state index is 0.126. The minimum atomic E-state index is -1.53. The van der Waals surface area contributed by atoms with Crippen LogP contribution >= 0.6 is 16.9 Å². The Morgan fingerprint density at radius 2 is 0.565 bits per heavy atom. The number of hydrogen-bond acceptors (Lipinski definition) is 8. The number of ether oxygens (including phenoxy) is 2. The highest BCUT2D eigenvalue weighted by molar-refractivity contribution is 7.91. The van der Waals surface area contributed by atoms with E-state index in [-0.39, 0.29) is 33.6 Å². The van der Waals surface area contributed by atoms with Crippen LogP contribution in [0, 0.1) is 0 Å². The Hall–Kier alpha value is -4.12. The number of esters is 2. The van der Waals surface area contributed by atoms with Gasteiger partial charge in [-0.25, -0.2) is 8.88 Å². The van der Waals surface area contributed by atoms with Gasteiger partial charge in [-0.15, -0.1) is 0 Å². The predicted octanol–water partition coefficient (Wildman–Crippen LogP) is 26.3. The van der Waals surface area contributed by atoms with Gasteiger partial charge in [0.25, 0.3) is 0 Å². The van der Waals surface area contributed by atoms with E-state index in [1.165, 1.54) is 180 Å². The highest BCUT2D eigenvalue weighted by Gasteiger charge is 2.56. The first-order valence-electron chi connectivity index (χ1n) is 37.4. The molecular weight excluding hydrogens is 1170 g/mol. The Morgan fingerprint density at radius 3 is 0.793 bits per heavy atom. The van der Waals surface area contributed by atoms with Gasteiger partial charge in [-0.05, 0) is 82.7 Å². The van der Waals surface area contributed by atoms with Crippen LogP contribution in [0.5, 0.6) is 11.5 Å². The molecule has 8 nitrogen and oxygen atoms in total. The summed E-state index contributed by atoms with van der Waals surface area (Å²) in [5, 5.41) is 0. The summed E-state index contributed by atoms with van der Waals surface area (Å²) in [4.78, 5) is 26.7. The van der Waals surface area contributed by atoms with Gasteiger partial charge in [-0.3, -0.25) is 9.59 Å². The summed E-state index contributed by atoms with van der Waals surface area (Å²) >= 11 is 0. The number of aryl methyl sites for hydroxylation is 2. The average molecular weight is 1300 g/mol. The zero-order valence-electron chi connectivity index (χ0n) is 61.2. The molecule has 0 amide bonds. The third-order valence-electron chi connectivity index (χ3n) is 18.3. The first-order chi connectivity index (χ1) is 44.0. The number of anilines is 2. The minimum Gasteiger partial charge on any atom is -0.466 e. The SMILES string of the molecule is CCCCCCCCCCCCCCCCCCOC(=O)CCc1cc(C(C)(C)C)c(OP2N(c3ccccc3)P(Oc3c(C(C)(C)C)cc(CCC(=O)OCCCCCCCCCCCCCCCCCC)cc3C(C)(C)C)N2c2ccccc2)c(C(C)(C)C)c1. The lowest BCUT2D eigenvalue weighted by atomic mass is 9.78. The lowest BCUT2D eigenvalue weighted by Gasteiger charge is -2.54. The predicted molar refractivity (Wildman–Crippen MR) is 398 cm³/mol. The van der Waals surface area contributed by atoms with E-state index in [1.807, 2.05) is 0 Å². The molecule has 0 aliphatic carbocycles. The number of para-hydroxylation sites is 2. The maximum absolute atomic E-state index is 13.4. The first-order valence-corrected chi connectivity index (χ1v) is 39.7. The second-order valence-corrected chi connectivity index (χ2v) is 34.6. The van der Waals surface area contributed by atoms with E-state index in [0.29, 0.717) is 38.9 Å². The molecule has 1 saturated heterocycles.